The molecule has 0 N–H and O–H groups in total. The molecule has 98 valence electrons. The lowest BCUT2D eigenvalue weighted by molar-refractivity contribution is 0.103. The Bertz CT molecular complexity index is 643. The zero-order valence-corrected chi connectivity index (χ0v) is 12.3. The molecule has 0 aliphatic carbocycles. The summed E-state index contributed by atoms with van der Waals surface area (Å²) in [6, 6.07) is 8.68. The van der Waals surface area contributed by atoms with Crippen molar-refractivity contribution in [3.8, 4) is 5.75 Å². The van der Waals surface area contributed by atoms with Crippen molar-refractivity contribution in [3.63, 3.8) is 0 Å². The minimum absolute atomic E-state index is 0.239. The summed E-state index contributed by atoms with van der Waals surface area (Å²) in [4.78, 5) is 12.3. The summed E-state index contributed by atoms with van der Waals surface area (Å²) < 4.78 is 18.4. The second-order valence-electron chi connectivity index (χ2n) is 3.80. The number of rotatable bonds is 3. The minimum atomic E-state index is -0.406. The highest BCUT2D eigenvalue weighted by Crippen LogP contribution is 2.27. The van der Waals surface area contributed by atoms with E-state index in [2.05, 4.69) is 15.9 Å². The highest BCUT2D eigenvalue weighted by Gasteiger charge is 2.14. The van der Waals surface area contributed by atoms with Crippen molar-refractivity contribution in [2.75, 3.05) is 7.11 Å². The highest BCUT2D eigenvalue weighted by molar-refractivity contribution is 9.10. The van der Waals surface area contributed by atoms with E-state index in [9.17, 15) is 9.18 Å². The van der Waals surface area contributed by atoms with E-state index in [1.807, 2.05) is 0 Å². The van der Waals surface area contributed by atoms with E-state index in [1.165, 1.54) is 31.4 Å². The van der Waals surface area contributed by atoms with E-state index in [4.69, 9.17) is 16.3 Å². The summed E-state index contributed by atoms with van der Waals surface area (Å²) in [5, 5.41) is 0.353. The quantitative estimate of drug-likeness (QED) is 0.768. The third-order valence-electron chi connectivity index (χ3n) is 2.59. The first-order chi connectivity index (χ1) is 9.02. The molecule has 0 saturated heterocycles. The van der Waals surface area contributed by atoms with Crippen molar-refractivity contribution in [3.05, 3.63) is 62.8 Å². The van der Waals surface area contributed by atoms with Crippen LogP contribution in [0.15, 0.2) is 40.9 Å². The first-order valence-electron chi connectivity index (χ1n) is 5.36. The van der Waals surface area contributed by atoms with Gasteiger partial charge < -0.3 is 4.74 Å². The first kappa shape index (κ1) is 14.0. The molecule has 19 heavy (non-hydrogen) atoms. The van der Waals surface area contributed by atoms with Gasteiger partial charge in [-0.3, -0.25) is 4.79 Å². The number of carbonyl (C=O) groups excluding carboxylic acids is 1. The van der Waals surface area contributed by atoms with Gasteiger partial charge in [0.15, 0.2) is 5.78 Å². The molecule has 0 aliphatic rings. The number of carbonyl (C=O) groups is 1. The largest absolute Gasteiger partial charge is 0.495 e. The van der Waals surface area contributed by atoms with Crippen LogP contribution >= 0.6 is 27.5 Å². The molecule has 2 aromatic rings. The molecule has 2 rings (SSSR count). The van der Waals surface area contributed by atoms with Crippen LogP contribution in [0.25, 0.3) is 0 Å². The van der Waals surface area contributed by atoms with Crippen LogP contribution in [0, 0.1) is 5.82 Å². The van der Waals surface area contributed by atoms with E-state index >= 15 is 0 Å². The Labute approximate surface area is 123 Å². The Morgan fingerprint density at radius 3 is 2.58 bits per heavy atom. The fourth-order valence-corrected chi connectivity index (χ4v) is 2.43. The minimum Gasteiger partial charge on any atom is -0.495 e. The first-order valence-corrected chi connectivity index (χ1v) is 6.53. The fourth-order valence-electron chi connectivity index (χ4n) is 1.64. The van der Waals surface area contributed by atoms with Crippen LogP contribution in [-0.4, -0.2) is 12.9 Å². The summed E-state index contributed by atoms with van der Waals surface area (Å²) in [5.74, 6) is -0.149. The third kappa shape index (κ3) is 2.96. The van der Waals surface area contributed by atoms with Crippen LogP contribution in [0.1, 0.15) is 15.9 Å². The topological polar surface area (TPSA) is 26.3 Å². The third-order valence-corrected chi connectivity index (χ3v) is 3.54. The molecule has 2 aromatic carbocycles. The van der Waals surface area contributed by atoms with E-state index in [0.29, 0.717) is 26.4 Å². The summed E-state index contributed by atoms with van der Waals surface area (Å²) >= 11 is 9.15. The van der Waals surface area contributed by atoms with Crippen LogP contribution in [-0.2, 0) is 0 Å². The maximum absolute atomic E-state index is 13.0. The molecular formula is C14H9BrClFO2. The maximum atomic E-state index is 13.0. The van der Waals surface area contributed by atoms with Gasteiger partial charge in [0.2, 0.25) is 0 Å². The summed E-state index contributed by atoms with van der Waals surface area (Å²) in [6.45, 7) is 0. The summed E-state index contributed by atoms with van der Waals surface area (Å²) in [6.07, 6.45) is 0. The van der Waals surface area contributed by atoms with Gasteiger partial charge in [-0.15, -0.1) is 0 Å². The number of methoxy groups -OCH3 is 1. The molecule has 0 spiro atoms. The van der Waals surface area contributed by atoms with Crippen molar-refractivity contribution in [1.82, 2.24) is 0 Å². The number of benzene rings is 2. The standard InChI is InChI=1S/C14H9BrClFO2/c1-19-13-5-2-8(6-12(13)16)14(18)10-4-3-9(17)7-11(10)15/h2-7H,1H3. The lowest BCUT2D eigenvalue weighted by Gasteiger charge is -2.07. The van der Waals surface area contributed by atoms with Gasteiger partial charge in [0.25, 0.3) is 0 Å². The predicted molar refractivity (Wildman–Crippen MR) is 75.5 cm³/mol. The van der Waals surface area contributed by atoms with Gasteiger partial charge in [0.1, 0.15) is 11.6 Å². The lowest BCUT2D eigenvalue weighted by atomic mass is 10.0. The van der Waals surface area contributed by atoms with Crippen molar-refractivity contribution in [2.24, 2.45) is 0 Å². The van der Waals surface area contributed by atoms with Gasteiger partial charge in [-0.25, -0.2) is 4.39 Å². The van der Waals surface area contributed by atoms with Crippen LogP contribution in [0.2, 0.25) is 5.02 Å². The summed E-state index contributed by atoms with van der Waals surface area (Å²) in [7, 11) is 1.50. The Balaban J connectivity index is 2.41. The molecule has 0 aromatic heterocycles. The normalized spacial score (nSPS) is 10.3. The van der Waals surface area contributed by atoms with Crippen molar-refractivity contribution in [1.29, 1.82) is 0 Å². The molecular weight excluding hydrogens is 335 g/mol. The molecule has 0 radical (unpaired) electrons. The number of hydrogen-bond donors (Lipinski definition) is 0. The molecule has 0 bridgehead atoms. The fraction of sp³-hybridized carbons (Fsp3) is 0.0714. The lowest BCUT2D eigenvalue weighted by Crippen LogP contribution is -2.03. The predicted octanol–water partition coefficient (Wildman–Crippen LogP) is 4.48. The van der Waals surface area contributed by atoms with Gasteiger partial charge in [0, 0.05) is 15.6 Å². The van der Waals surface area contributed by atoms with Gasteiger partial charge >= 0.3 is 0 Å². The molecule has 0 heterocycles. The van der Waals surface area contributed by atoms with Crippen molar-refractivity contribution in [2.45, 2.75) is 0 Å². The molecule has 0 unspecified atom stereocenters. The van der Waals surface area contributed by atoms with Crippen molar-refractivity contribution >= 4 is 33.3 Å². The zero-order chi connectivity index (χ0) is 14.0. The van der Waals surface area contributed by atoms with Crippen LogP contribution in [0.3, 0.4) is 0 Å². The summed E-state index contributed by atoms with van der Waals surface area (Å²) in [5.41, 5.74) is 0.792. The van der Waals surface area contributed by atoms with E-state index in [1.54, 1.807) is 12.1 Å². The Morgan fingerprint density at radius 2 is 2.00 bits per heavy atom. The maximum Gasteiger partial charge on any atom is 0.194 e. The second-order valence-corrected chi connectivity index (χ2v) is 5.06. The molecule has 0 amide bonds. The number of ether oxygens (including phenoxy) is 1. The van der Waals surface area contributed by atoms with Crippen molar-refractivity contribution < 1.29 is 13.9 Å². The van der Waals surface area contributed by atoms with Crippen LogP contribution in [0.4, 0.5) is 4.39 Å². The van der Waals surface area contributed by atoms with Gasteiger partial charge in [-0.1, -0.05) is 11.6 Å². The highest BCUT2D eigenvalue weighted by atomic mass is 79.9. The Morgan fingerprint density at radius 1 is 1.26 bits per heavy atom. The van der Waals surface area contributed by atoms with E-state index < -0.39 is 5.82 Å². The molecule has 0 fully saturated rings. The van der Waals surface area contributed by atoms with E-state index in [0.717, 1.165) is 0 Å². The monoisotopic (exact) mass is 342 g/mol. The van der Waals surface area contributed by atoms with Crippen LogP contribution in [0.5, 0.6) is 5.75 Å². The van der Waals surface area contributed by atoms with Gasteiger partial charge in [-0.2, -0.15) is 0 Å². The molecule has 0 atom stereocenters. The smallest absolute Gasteiger partial charge is 0.194 e. The Hall–Kier alpha value is -1.39. The number of ketones is 1. The van der Waals surface area contributed by atoms with Crippen LogP contribution < -0.4 is 4.74 Å². The average Bonchev–Trinajstić information content (AvgIpc) is 2.38. The average molecular weight is 344 g/mol. The Kier molecular flexibility index (Phi) is 4.22. The van der Waals surface area contributed by atoms with E-state index in [-0.39, 0.29) is 5.78 Å². The van der Waals surface area contributed by atoms with Gasteiger partial charge in [0.05, 0.1) is 12.1 Å². The number of halogens is 3. The molecule has 0 aliphatic heterocycles. The molecule has 5 heteroatoms. The zero-order valence-electron chi connectivity index (χ0n) is 9.91. The SMILES string of the molecule is COc1ccc(C(=O)c2ccc(F)cc2Br)cc1Cl. The molecule has 2 nitrogen and oxygen atoms in total. The second kappa shape index (κ2) is 5.72. The molecule has 0 saturated carbocycles. The number of hydrogen-bond acceptors (Lipinski definition) is 2. The van der Waals surface area contributed by atoms with Gasteiger partial charge in [-0.05, 0) is 52.3 Å².